The Bertz CT molecular complexity index is 339. The molecule has 1 fully saturated rings. The molecule has 0 aromatic heterocycles. The largest absolute Gasteiger partial charge is 0.386 e. The van der Waals surface area contributed by atoms with Crippen molar-refractivity contribution in [3.8, 4) is 0 Å². The zero-order valence-electron chi connectivity index (χ0n) is 11.4. The summed E-state index contributed by atoms with van der Waals surface area (Å²) < 4.78 is 5.89. The van der Waals surface area contributed by atoms with E-state index in [9.17, 15) is 5.11 Å². The van der Waals surface area contributed by atoms with Crippen molar-refractivity contribution in [1.82, 2.24) is 0 Å². The fraction of sp³-hybridized carbons (Fsp3) is 0.625. The van der Waals surface area contributed by atoms with E-state index >= 15 is 0 Å². The summed E-state index contributed by atoms with van der Waals surface area (Å²) >= 11 is 0. The van der Waals surface area contributed by atoms with Crippen molar-refractivity contribution in [2.45, 2.75) is 45.3 Å². The van der Waals surface area contributed by atoms with Crippen molar-refractivity contribution >= 4 is 0 Å². The van der Waals surface area contributed by atoms with Crippen molar-refractivity contribution < 1.29 is 9.84 Å². The van der Waals surface area contributed by atoms with Gasteiger partial charge in [-0.1, -0.05) is 44.2 Å². The Balaban J connectivity index is 1.81. The Morgan fingerprint density at radius 2 is 1.72 bits per heavy atom. The Kier molecular flexibility index (Phi) is 4.79. The fourth-order valence-electron chi connectivity index (χ4n) is 3.01. The molecule has 1 aliphatic rings. The smallest absolute Gasteiger partial charge is 0.102 e. The molecule has 2 nitrogen and oxygen atoms in total. The van der Waals surface area contributed by atoms with Gasteiger partial charge in [-0.15, -0.1) is 0 Å². The van der Waals surface area contributed by atoms with Crippen molar-refractivity contribution in [2.75, 3.05) is 6.61 Å². The minimum atomic E-state index is -0.501. The Morgan fingerprint density at radius 1 is 1.11 bits per heavy atom. The first kappa shape index (κ1) is 13.6. The number of ether oxygens (including phenoxy) is 1. The summed E-state index contributed by atoms with van der Waals surface area (Å²) in [5, 5.41) is 10.1. The van der Waals surface area contributed by atoms with Gasteiger partial charge in [-0.2, -0.15) is 0 Å². The van der Waals surface area contributed by atoms with Crippen LogP contribution in [-0.4, -0.2) is 17.8 Å². The molecule has 1 aliphatic carbocycles. The molecule has 0 aliphatic heterocycles. The molecule has 1 aromatic carbocycles. The van der Waals surface area contributed by atoms with E-state index in [0.29, 0.717) is 12.7 Å². The van der Waals surface area contributed by atoms with Gasteiger partial charge < -0.3 is 9.84 Å². The van der Waals surface area contributed by atoms with Gasteiger partial charge in [0.2, 0.25) is 0 Å². The maximum atomic E-state index is 10.1. The molecule has 0 bridgehead atoms. The molecule has 1 N–H and O–H groups in total. The Morgan fingerprint density at radius 3 is 2.33 bits per heavy atom. The standard InChI is InChI=1S/C16H24O2/c1-12-8-13(2)10-15(9-12)18-11-16(17)14-6-4-3-5-7-14/h3-7,12-13,15-17H,8-11H2,1-2H3. The van der Waals surface area contributed by atoms with Crippen LogP contribution in [0.4, 0.5) is 0 Å². The number of aliphatic hydroxyl groups excluding tert-OH is 1. The lowest BCUT2D eigenvalue weighted by Gasteiger charge is -2.31. The van der Waals surface area contributed by atoms with Crippen LogP contribution in [-0.2, 0) is 4.74 Å². The summed E-state index contributed by atoms with van der Waals surface area (Å²) in [6.45, 7) is 4.99. The zero-order chi connectivity index (χ0) is 13.0. The number of benzene rings is 1. The van der Waals surface area contributed by atoms with Gasteiger partial charge in [-0.05, 0) is 36.7 Å². The second-order valence-corrected chi connectivity index (χ2v) is 5.80. The van der Waals surface area contributed by atoms with Crippen LogP contribution in [0.25, 0.3) is 0 Å². The summed E-state index contributed by atoms with van der Waals surface area (Å²) in [7, 11) is 0. The van der Waals surface area contributed by atoms with E-state index in [0.717, 1.165) is 30.2 Å². The van der Waals surface area contributed by atoms with E-state index in [1.807, 2.05) is 30.3 Å². The lowest BCUT2D eigenvalue weighted by molar-refractivity contribution is -0.0412. The van der Waals surface area contributed by atoms with Crippen LogP contribution in [0.2, 0.25) is 0 Å². The first-order valence-corrected chi connectivity index (χ1v) is 6.99. The van der Waals surface area contributed by atoms with Gasteiger partial charge in [0.15, 0.2) is 0 Å². The van der Waals surface area contributed by atoms with Crippen LogP contribution in [0.1, 0.15) is 44.8 Å². The highest BCUT2D eigenvalue weighted by atomic mass is 16.5. The van der Waals surface area contributed by atoms with Crippen LogP contribution in [0, 0.1) is 11.8 Å². The Labute approximate surface area is 110 Å². The zero-order valence-corrected chi connectivity index (χ0v) is 11.4. The van der Waals surface area contributed by atoms with Crippen molar-refractivity contribution in [1.29, 1.82) is 0 Å². The summed E-state index contributed by atoms with van der Waals surface area (Å²) in [6.07, 6.45) is 3.39. The first-order valence-electron chi connectivity index (χ1n) is 6.99. The second-order valence-electron chi connectivity index (χ2n) is 5.80. The lowest BCUT2D eigenvalue weighted by Crippen LogP contribution is -2.27. The minimum absolute atomic E-state index is 0.321. The number of hydrogen-bond acceptors (Lipinski definition) is 2. The van der Waals surface area contributed by atoms with Crippen LogP contribution in [0.15, 0.2) is 30.3 Å². The third-order valence-electron chi connectivity index (χ3n) is 3.81. The molecule has 0 radical (unpaired) electrons. The van der Waals surface area contributed by atoms with Crippen molar-refractivity contribution in [3.05, 3.63) is 35.9 Å². The average molecular weight is 248 g/mol. The molecular formula is C16H24O2. The van der Waals surface area contributed by atoms with Crippen LogP contribution < -0.4 is 0 Å². The molecule has 0 spiro atoms. The summed E-state index contributed by atoms with van der Waals surface area (Å²) in [5.74, 6) is 1.49. The van der Waals surface area contributed by atoms with Crippen LogP contribution in [0.3, 0.4) is 0 Å². The maximum absolute atomic E-state index is 10.1. The van der Waals surface area contributed by atoms with E-state index < -0.39 is 6.10 Å². The number of rotatable bonds is 4. The topological polar surface area (TPSA) is 29.5 Å². The molecule has 0 saturated heterocycles. The molecule has 2 heteroatoms. The molecule has 0 amide bonds. The third-order valence-corrected chi connectivity index (χ3v) is 3.81. The second kappa shape index (κ2) is 6.35. The van der Waals surface area contributed by atoms with E-state index in [4.69, 9.17) is 4.74 Å². The molecule has 2 rings (SSSR count). The normalized spacial score (nSPS) is 30.1. The predicted octanol–water partition coefficient (Wildman–Crippen LogP) is 3.56. The number of aliphatic hydroxyl groups is 1. The maximum Gasteiger partial charge on any atom is 0.102 e. The highest BCUT2D eigenvalue weighted by Gasteiger charge is 2.25. The SMILES string of the molecule is CC1CC(C)CC(OCC(O)c2ccccc2)C1. The van der Waals surface area contributed by atoms with E-state index in [1.165, 1.54) is 6.42 Å². The third kappa shape index (κ3) is 3.82. The van der Waals surface area contributed by atoms with Gasteiger partial charge in [-0.3, -0.25) is 0 Å². The summed E-state index contributed by atoms with van der Waals surface area (Å²) in [6, 6.07) is 9.74. The highest BCUT2D eigenvalue weighted by Crippen LogP contribution is 2.30. The highest BCUT2D eigenvalue weighted by molar-refractivity contribution is 5.17. The van der Waals surface area contributed by atoms with Gasteiger partial charge in [0.25, 0.3) is 0 Å². The van der Waals surface area contributed by atoms with E-state index in [1.54, 1.807) is 0 Å². The fourth-order valence-corrected chi connectivity index (χ4v) is 3.01. The molecule has 3 unspecified atom stereocenters. The van der Waals surface area contributed by atoms with Crippen molar-refractivity contribution in [2.24, 2.45) is 11.8 Å². The van der Waals surface area contributed by atoms with Crippen LogP contribution in [0.5, 0.6) is 0 Å². The van der Waals surface area contributed by atoms with Gasteiger partial charge in [-0.25, -0.2) is 0 Å². The number of hydrogen-bond donors (Lipinski definition) is 1. The molecule has 3 atom stereocenters. The Hall–Kier alpha value is -0.860. The minimum Gasteiger partial charge on any atom is -0.386 e. The first-order chi connectivity index (χ1) is 8.65. The van der Waals surface area contributed by atoms with Gasteiger partial charge >= 0.3 is 0 Å². The van der Waals surface area contributed by atoms with Gasteiger partial charge in [0.1, 0.15) is 6.10 Å². The van der Waals surface area contributed by atoms with Crippen molar-refractivity contribution in [3.63, 3.8) is 0 Å². The quantitative estimate of drug-likeness (QED) is 0.882. The molecule has 1 saturated carbocycles. The molecule has 18 heavy (non-hydrogen) atoms. The predicted molar refractivity (Wildman–Crippen MR) is 73.3 cm³/mol. The molecule has 0 heterocycles. The van der Waals surface area contributed by atoms with E-state index in [-0.39, 0.29) is 0 Å². The van der Waals surface area contributed by atoms with E-state index in [2.05, 4.69) is 13.8 Å². The summed E-state index contributed by atoms with van der Waals surface area (Å²) in [5.41, 5.74) is 0.939. The average Bonchev–Trinajstić information content (AvgIpc) is 2.36. The van der Waals surface area contributed by atoms with Crippen LogP contribution >= 0.6 is 0 Å². The van der Waals surface area contributed by atoms with Gasteiger partial charge in [0.05, 0.1) is 12.7 Å². The molecule has 1 aromatic rings. The monoisotopic (exact) mass is 248 g/mol. The molecule has 100 valence electrons. The lowest BCUT2D eigenvalue weighted by atomic mass is 9.82. The molecular weight excluding hydrogens is 224 g/mol. The summed E-state index contributed by atoms with van der Waals surface area (Å²) in [4.78, 5) is 0. The van der Waals surface area contributed by atoms with Gasteiger partial charge in [0, 0.05) is 0 Å².